The van der Waals surface area contributed by atoms with Crippen molar-refractivity contribution in [3.63, 3.8) is 0 Å². The molecule has 1 heterocycles. The molecule has 37 heavy (non-hydrogen) atoms. The maximum atomic E-state index is 13.7. The van der Waals surface area contributed by atoms with Crippen molar-refractivity contribution in [2.45, 2.75) is 52.4 Å². The topological polar surface area (TPSA) is 90.7 Å². The number of carbonyl (C=O) groups is 1. The summed E-state index contributed by atoms with van der Waals surface area (Å²) in [5.74, 6) is -0.539. The Labute approximate surface area is 221 Å². The summed E-state index contributed by atoms with van der Waals surface area (Å²) in [4.78, 5) is 26.5. The van der Waals surface area contributed by atoms with Crippen LogP contribution in [0.3, 0.4) is 0 Å². The van der Waals surface area contributed by atoms with E-state index in [4.69, 9.17) is 20.2 Å². The molecular weight excluding hydrogens is 512 g/mol. The van der Waals surface area contributed by atoms with Gasteiger partial charge in [0.15, 0.2) is 17.1 Å². The summed E-state index contributed by atoms with van der Waals surface area (Å²) >= 11 is 6.03. The molecule has 4 aromatic rings. The zero-order chi connectivity index (χ0) is 27.2. The molecule has 6 nitrogen and oxygen atoms in total. The molecule has 0 saturated carbocycles. The van der Waals surface area contributed by atoms with Crippen molar-refractivity contribution < 1.29 is 21.8 Å². The highest BCUT2D eigenvalue weighted by Gasteiger charge is 2.28. The smallest absolute Gasteiger partial charge is 0.339 e. The Morgan fingerprint density at radius 3 is 2.11 bits per heavy atom. The number of aryl methyl sites for hydroxylation is 3. The molecule has 0 atom stereocenters. The first kappa shape index (κ1) is 26.6. The van der Waals surface area contributed by atoms with Crippen LogP contribution in [0.2, 0.25) is 5.02 Å². The molecule has 0 radical (unpaired) electrons. The van der Waals surface area contributed by atoms with Crippen LogP contribution in [-0.4, -0.2) is 14.2 Å². The fourth-order valence-electron chi connectivity index (χ4n) is 4.68. The monoisotopic (exact) mass is 538 g/mol. The largest absolute Gasteiger partial charge is 0.459 e. The first-order valence-electron chi connectivity index (χ1n) is 11.7. The molecule has 0 amide bonds. The predicted octanol–water partition coefficient (Wildman–Crippen LogP) is 7.13. The van der Waals surface area contributed by atoms with Crippen molar-refractivity contribution in [3.8, 4) is 16.9 Å². The minimum Gasteiger partial charge on any atom is -0.459 e. The molecule has 8 heteroatoms. The van der Waals surface area contributed by atoms with Crippen LogP contribution in [-0.2, 0) is 10.1 Å². The van der Waals surface area contributed by atoms with Gasteiger partial charge in [0, 0.05) is 10.9 Å². The third-order valence-electron chi connectivity index (χ3n) is 6.11. The number of benzene rings is 3. The molecule has 0 spiro atoms. The van der Waals surface area contributed by atoms with E-state index in [9.17, 15) is 18.0 Å². The van der Waals surface area contributed by atoms with Gasteiger partial charge < -0.3 is 8.60 Å². The molecule has 3 aromatic carbocycles. The fraction of sp³-hybridized carbons (Fsp3) is 0.241. The summed E-state index contributed by atoms with van der Waals surface area (Å²) < 4.78 is 38.4. The Morgan fingerprint density at radius 1 is 0.973 bits per heavy atom. The second-order valence-electron chi connectivity index (χ2n) is 9.47. The van der Waals surface area contributed by atoms with Crippen LogP contribution in [0.25, 0.3) is 22.1 Å². The average Bonchev–Trinajstić information content (AvgIpc) is 2.78. The van der Waals surface area contributed by atoms with Crippen LogP contribution in [0.1, 0.15) is 59.5 Å². The molecule has 4 rings (SSSR count). The van der Waals surface area contributed by atoms with Crippen molar-refractivity contribution in [3.05, 3.63) is 91.8 Å². The van der Waals surface area contributed by atoms with Gasteiger partial charge in [0.25, 0.3) is 0 Å². The van der Waals surface area contributed by atoms with E-state index in [1.165, 1.54) is 19.1 Å². The Kier molecular flexibility index (Phi) is 7.06. The quantitative estimate of drug-likeness (QED) is 0.191. The molecule has 0 fully saturated rings. The lowest BCUT2D eigenvalue weighted by Crippen LogP contribution is -2.16. The lowest BCUT2D eigenvalue weighted by Gasteiger charge is -2.17. The normalized spacial score (nSPS) is 11.8. The Hall–Kier alpha value is -3.42. The maximum absolute atomic E-state index is 13.7. The Morgan fingerprint density at radius 2 is 1.57 bits per heavy atom. The SMILES string of the molecule is CC(=O)c1c(OS(=O)(=O)c2c(C)cc(C)cc2C)ccc2c(=O)c(-c3ccc(Cl)cc3)c(C(C)C)oc12. The van der Waals surface area contributed by atoms with E-state index in [0.717, 1.165) is 5.56 Å². The van der Waals surface area contributed by atoms with Crippen LogP contribution in [0.15, 0.2) is 62.6 Å². The van der Waals surface area contributed by atoms with Crippen LogP contribution in [0.5, 0.6) is 5.75 Å². The first-order chi connectivity index (χ1) is 17.3. The summed E-state index contributed by atoms with van der Waals surface area (Å²) in [6.45, 7) is 10.3. The van der Waals surface area contributed by atoms with E-state index in [2.05, 4.69) is 0 Å². The average molecular weight is 539 g/mol. The maximum Gasteiger partial charge on any atom is 0.339 e. The summed E-state index contributed by atoms with van der Waals surface area (Å²) in [5.41, 5.74) is 2.52. The second kappa shape index (κ2) is 9.80. The number of hydrogen-bond acceptors (Lipinski definition) is 6. The third-order valence-corrected chi connectivity index (χ3v) is 7.91. The van der Waals surface area contributed by atoms with Gasteiger partial charge in [-0.15, -0.1) is 0 Å². The third kappa shape index (κ3) is 4.93. The van der Waals surface area contributed by atoms with Gasteiger partial charge >= 0.3 is 10.1 Å². The van der Waals surface area contributed by atoms with Gasteiger partial charge in [0.05, 0.1) is 10.9 Å². The molecule has 0 aliphatic carbocycles. The molecule has 1 aromatic heterocycles. The number of ketones is 1. The number of halogens is 1. The van der Waals surface area contributed by atoms with Crippen molar-refractivity contribution in [2.75, 3.05) is 0 Å². The molecule has 0 saturated heterocycles. The van der Waals surface area contributed by atoms with Crippen LogP contribution < -0.4 is 9.61 Å². The molecule has 192 valence electrons. The molecular formula is C29H27ClO6S. The van der Waals surface area contributed by atoms with Crippen LogP contribution in [0, 0.1) is 20.8 Å². The molecule has 0 N–H and O–H groups in total. The lowest BCUT2D eigenvalue weighted by molar-refractivity contribution is 0.101. The van der Waals surface area contributed by atoms with E-state index < -0.39 is 15.9 Å². The van der Waals surface area contributed by atoms with Crippen molar-refractivity contribution >= 4 is 38.5 Å². The van der Waals surface area contributed by atoms with Gasteiger partial charge in [0.2, 0.25) is 5.43 Å². The lowest BCUT2D eigenvalue weighted by atomic mass is 9.95. The van der Waals surface area contributed by atoms with E-state index in [0.29, 0.717) is 33.0 Å². The standard InChI is InChI=1S/C29H27ClO6S/c1-15(2)27-25(20-7-9-21(30)10-8-20)26(32)22-11-12-23(24(19(6)31)28(22)35-27)36-37(33,34)29-17(4)13-16(3)14-18(29)5/h7-15H,1-6H3. The van der Waals surface area contributed by atoms with E-state index in [1.807, 2.05) is 20.8 Å². The summed E-state index contributed by atoms with van der Waals surface area (Å²) in [7, 11) is -4.29. The van der Waals surface area contributed by atoms with E-state index >= 15 is 0 Å². The number of fused-ring (bicyclic) bond motifs is 1. The van der Waals surface area contributed by atoms with Gasteiger partial charge in [-0.2, -0.15) is 8.42 Å². The fourth-order valence-corrected chi connectivity index (χ4v) is 6.17. The Bertz CT molecular complexity index is 1690. The van der Waals surface area contributed by atoms with Crippen molar-refractivity contribution in [1.29, 1.82) is 0 Å². The zero-order valence-electron chi connectivity index (χ0n) is 21.4. The molecule has 0 aliphatic heterocycles. The van der Waals surface area contributed by atoms with Crippen molar-refractivity contribution in [1.82, 2.24) is 0 Å². The molecule has 0 bridgehead atoms. The molecule has 0 aliphatic rings. The zero-order valence-corrected chi connectivity index (χ0v) is 23.0. The summed E-state index contributed by atoms with van der Waals surface area (Å²) in [5, 5.41) is 0.674. The first-order valence-corrected chi connectivity index (χ1v) is 13.5. The summed E-state index contributed by atoms with van der Waals surface area (Å²) in [6, 6.07) is 13.1. The number of hydrogen-bond donors (Lipinski definition) is 0. The highest BCUT2D eigenvalue weighted by Crippen LogP contribution is 2.36. The predicted molar refractivity (Wildman–Crippen MR) is 145 cm³/mol. The highest BCUT2D eigenvalue weighted by atomic mass is 35.5. The van der Waals surface area contributed by atoms with Gasteiger partial charge in [-0.25, -0.2) is 0 Å². The summed E-state index contributed by atoms with van der Waals surface area (Å²) in [6.07, 6.45) is 0. The Balaban J connectivity index is 1.98. The van der Waals surface area contributed by atoms with Gasteiger partial charge in [-0.3, -0.25) is 9.59 Å². The van der Waals surface area contributed by atoms with Crippen LogP contribution >= 0.6 is 11.6 Å². The van der Waals surface area contributed by atoms with Crippen molar-refractivity contribution in [2.24, 2.45) is 0 Å². The minimum atomic E-state index is -4.29. The number of carbonyl (C=O) groups excluding carboxylic acids is 1. The van der Waals surface area contributed by atoms with Crippen LogP contribution in [0.4, 0.5) is 0 Å². The van der Waals surface area contributed by atoms with Gasteiger partial charge in [-0.05, 0) is 68.7 Å². The second-order valence-corrected chi connectivity index (χ2v) is 11.4. The number of Topliss-reactive ketones (excluding diaryl/α,β-unsaturated/α-hetero) is 1. The minimum absolute atomic E-state index is 0.0102. The highest BCUT2D eigenvalue weighted by molar-refractivity contribution is 7.87. The van der Waals surface area contributed by atoms with Gasteiger partial charge in [0.1, 0.15) is 16.2 Å². The molecule has 0 unspecified atom stereocenters. The van der Waals surface area contributed by atoms with E-state index in [1.54, 1.807) is 50.2 Å². The van der Waals surface area contributed by atoms with Gasteiger partial charge in [-0.1, -0.05) is 55.3 Å². The van der Waals surface area contributed by atoms with E-state index in [-0.39, 0.29) is 38.5 Å². The number of rotatable bonds is 6.